The fourth-order valence-corrected chi connectivity index (χ4v) is 9.25. The predicted octanol–water partition coefficient (Wildman–Crippen LogP) is 6.06. The topological polar surface area (TPSA) is 88.2 Å². The van der Waals surface area contributed by atoms with Crippen molar-refractivity contribution in [3.8, 4) is 5.75 Å². The van der Waals surface area contributed by atoms with Crippen LogP contribution in [-0.2, 0) is 19.6 Å². The van der Waals surface area contributed by atoms with Crippen LogP contribution < -0.4 is 10.1 Å². The van der Waals surface area contributed by atoms with Crippen molar-refractivity contribution in [3.63, 3.8) is 0 Å². The minimum Gasteiger partial charge on any atom is -0.496 e. The van der Waals surface area contributed by atoms with Crippen molar-refractivity contribution >= 4 is 27.5 Å². The van der Waals surface area contributed by atoms with E-state index in [1.54, 1.807) is 20.1 Å². The molecule has 0 aromatic heterocycles. The fourth-order valence-electron chi connectivity index (χ4n) is 7.12. The summed E-state index contributed by atoms with van der Waals surface area (Å²) >= 11 is 6.12. The summed E-state index contributed by atoms with van der Waals surface area (Å²) in [6.07, 6.45) is 6.72. The van der Waals surface area contributed by atoms with Crippen molar-refractivity contribution in [2.45, 2.75) is 82.8 Å². The molecule has 44 heavy (non-hydrogen) atoms. The molecule has 2 aliphatic rings. The van der Waals surface area contributed by atoms with Gasteiger partial charge in [0, 0.05) is 30.7 Å². The van der Waals surface area contributed by atoms with Crippen LogP contribution >= 0.6 is 11.6 Å². The van der Waals surface area contributed by atoms with Crippen molar-refractivity contribution in [3.05, 3.63) is 57.6 Å². The van der Waals surface area contributed by atoms with E-state index in [4.69, 9.17) is 21.1 Å². The van der Waals surface area contributed by atoms with Crippen LogP contribution in [0, 0.1) is 32.6 Å². The Balaban J connectivity index is 1.21. The van der Waals surface area contributed by atoms with Crippen LogP contribution in [0.25, 0.3) is 0 Å². The van der Waals surface area contributed by atoms with Crippen LogP contribution in [0.3, 0.4) is 0 Å². The molecular formula is C34H50ClN3O5S. The summed E-state index contributed by atoms with van der Waals surface area (Å²) in [6, 6.07) is 10.4. The number of nitrogens with one attached hydrogen (secondary N) is 1. The van der Waals surface area contributed by atoms with E-state index in [9.17, 15) is 13.2 Å². The number of carbonyl (C=O) groups excluding carboxylic acids is 1. The van der Waals surface area contributed by atoms with Gasteiger partial charge in [0.15, 0.2) is 0 Å². The number of ether oxygens (including phenoxy) is 2. The van der Waals surface area contributed by atoms with Crippen LogP contribution in [0.4, 0.5) is 0 Å². The molecule has 0 spiro atoms. The largest absolute Gasteiger partial charge is 0.496 e. The molecule has 1 aliphatic carbocycles. The van der Waals surface area contributed by atoms with Crippen LogP contribution in [0.5, 0.6) is 5.75 Å². The molecule has 1 aliphatic heterocycles. The lowest BCUT2D eigenvalue weighted by Crippen LogP contribution is -2.44. The van der Waals surface area contributed by atoms with Crippen LogP contribution in [0.15, 0.2) is 35.2 Å². The van der Waals surface area contributed by atoms with E-state index in [0.29, 0.717) is 59.2 Å². The molecule has 1 heterocycles. The molecule has 1 amide bonds. The standard InChI is InChI=1S/C34H50ClN3O5S/c1-23-20-31(42-6)24(2)25(3)34(23)44(40,41)38-19-7-8-30(21-38)43-22-32(39)36-18-17-26-9-11-27(12-10-26)33(37(4)5)28-13-15-29(35)16-14-28/h13-16,20,26-27,30,33H,7-12,17-19,21-22H2,1-6H3,(H,36,39). The van der Waals surface area contributed by atoms with Crippen molar-refractivity contribution in [1.82, 2.24) is 14.5 Å². The van der Waals surface area contributed by atoms with Crippen molar-refractivity contribution in [2.24, 2.45) is 11.8 Å². The Hall–Kier alpha value is -2.17. The highest BCUT2D eigenvalue weighted by Crippen LogP contribution is 2.40. The van der Waals surface area contributed by atoms with E-state index >= 15 is 0 Å². The van der Waals surface area contributed by atoms with E-state index in [0.717, 1.165) is 36.3 Å². The SMILES string of the molecule is COc1cc(C)c(S(=O)(=O)N2CCCC(OCC(=O)NCCC3CCC(C(c4ccc(Cl)cc4)N(C)C)CC3)C2)c(C)c1C. The molecule has 10 heteroatoms. The lowest BCUT2D eigenvalue weighted by molar-refractivity contribution is -0.128. The summed E-state index contributed by atoms with van der Waals surface area (Å²) in [5.41, 5.74) is 3.51. The van der Waals surface area contributed by atoms with Crippen LogP contribution in [0.2, 0.25) is 5.02 Å². The van der Waals surface area contributed by atoms with Gasteiger partial charge in [0.1, 0.15) is 12.4 Å². The third kappa shape index (κ3) is 8.35. The zero-order valence-corrected chi connectivity index (χ0v) is 28.8. The highest BCUT2D eigenvalue weighted by molar-refractivity contribution is 7.89. The van der Waals surface area contributed by atoms with Gasteiger partial charge < -0.3 is 19.7 Å². The Labute approximate surface area is 269 Å². The van der Waals surface area contributed by atoms with Crippen molar-refractivity contribution < 1.29 is 22.7 Å². The number of methoxy groups -OCH3 is 1. The van der Waals surface area contributed by atoms with Crippen molar-refractivity contribution in [1.29, 1.82) is 0 Å². The molecule has 2 unspecified atom stereocenters. The van der Waals surface area contributed by atoms with Gasteiger partial charge in [-0.3, -0.25) is 4.79 Å². The van der Waals surface area contributed by atoms with Gasteiger partial charge >= 0.3 is 0 Å². The molecule has 1 saturated carbocycles. The maximum absolute atomic E-state index is 13.7. The quantitative estimate of drug-likeness (QED) is 0.301. The maximum atomic E-state index is 13.7. The third-order valence-corrected chi connectivity index (χ3v) is 12.0. The minimum absolute atomic E-state index is 0.0589. The van der Waals surface area contributed by atoms with E-state index in [1.807, 2.05) is 26.0 Å². The summed E-state index contributed by atoms with van der Waals surface area (Å²) in [4.78, 5) is 15.3. The number of benzene rings is 2. The highest BCUT2D eigenvalue weighted by Gasteiger charge is 2.34. The Morgan fingerprint density at radius 2 is 1.75 bits per heavy atom. The summed E-state index contributed by atoms with van der Waals surface area (Å²) in [6.45, 7) is 6.76. The van der Waals surface area contributed by atoms with Gasteiger partial charge in [-0.1, -0.05) is 36.6 Å². The second-order valence-corrected chi connectivity index (χ2v) is 15.1. The number of piperidine rings is 1. The average molecular weight is 648 g/mol. The molecular weight excluding hydrogens is 598 g/mol. The zero-order chi connectivity index (χ0) is 32.0. The number of hydrogen-bond acceptors (Lipinski definition) is 6. The first-order chi connectivity index (χ1) is 20.9. The van der Waals surface area contributed by atoms with Gasteiger partial charge in [0.25, 0.3) is 0 Å². The number of nitrogens with zero attached hydrogens (tertiary/aromatic N) is 2. The molecule has 1 saturated heterocycles. The van der Waals surface area contributed by atoms with Gasteiger partial charge in [-0.15, -0.1) is 0 Å². The predicted molar refractivity (Wildman–Crippen MR) is 176 cm³/mol. The molecule has 8 nitrogen and oxygen atoms in total. The number of sulfonamides is 1. The molecule has 2 atom stereocenters. The number of aryl methyl sites for hydroxylation is 1. The van der Waals surface area contributed by atoms with Gasteiger partial charge in [-0.25, -0.2) is 8.42 Å². The van der Waals surface area contributed by atoms with Gasteiger partial charge in [-0.2, -0.15) is 4.31 Å². The highest BCUT2D eigenvalue weighted by atomic mass is 35.5. The first-order valence-electron chi connectivity index (χ1n) is 15.9. The van der Waals surface area contributed by atoms with E-state index < -0.39 is 10.0 Å². The molecule has 0 bridgehead atoms. The summed E-state index contributed by atoms with van der Waals surface area (Å²) in [5, 5.41) is 3.79. The number of carbonyl (C=O) groups is 1. The number of amides is 1. The first kappa shape index (κ1) is 34.7. The third-order valence-electron chi connectivity index (χ3n) is 9.57. The summed E-state index contributed by atoms with van der Waals surface area (Å²) < 4.78 is 40.2. The zero-order valence-electron chi connectivity index (χ0n) is 27.2. The normalized spacial score (nSPS) is 22.1. The smallest absolute Gasteiger partial charge is 0.246 e. The molecule has 0 radical (unpaired) electrons. The Morgan fingerprint density at radius 3 is 2.39 bits per heavy atom. The Bertz CT molecular complexity index is 1370. The van der Waals surface area contributed by atoms with Gasteiger partial charge in [-0.05, 0) is 119 Å². The van der Waals surface area contributed by atoms with Gasteiger partial charge in [0.2, 0.25) is 15.9 Å². The molecule has 2 aromatic carbocycles. The van der Waals surface area contributed by atoms with Crippen molar-refractivity contribution in [2.75, 3.05) is 47.4 Å². The lowest BCUT2D eigenvalue weighted by atomic mass is 9.75. The summed E-state index contributed by atoms with van der Waals surface area (Å²) in [5.74, 6) is 1.74. The monoisotopic (exact) mass is 647 g/mol. The fraction of sp³-hybridized carbons (Fsp3) is 0.618. The Kier molecular flexibility index (Phi) is 12.2. The minimum atomic E-state index is -3.71. The average Bonchev–Trinajstić information content (AvgIpc) is 2.99. The van der Waals surface area contributed by atoms with Crippen LogP contribution in [-0.4, -0.2) is 77.1 Å². The summed E-state index contributed by atoms with van der Waals surface area (Å²) in [7, 11) is 2.18. The number of rotatable bonds is 12. The molecule has 4 rings (SSSR count). The molecule has 1 N–H and O–H groups in total. The first-order valence-corrected chi connectivity index (χ1v) is 17.7. The van der Waals surface area contributed by atoms with E-state index in [1.165, 1.54) is 22.7 Å². The number of halogens is 1. The second kappa shape index (κ2) is 15.4. The number of hydrogen-bond donors (Lipinski definition) is 1. The van der Waals surface area contributed by atoms with E-state index in [-0.39, 0.29) is 25.2 Å². The Morgan fingerprint density at radius 1 is 1.07 bits per heavy atom. The van der Waals surface area contributed by atoms with Gasteiger partial charge in [0.05, 0.1) is 18.1 Å². The van der Waals surface area contributed by atoms with E-state index in [2.05, 4.69) is 36.4 Å². The lowest BCUT2D eigenvalue weighted by Gasteiger charge is -2.37. The molecule has 244 valence electrons. The van der Waals surface area contributed by atoms with Crippen LogP contribution in [0.1, 0.15) is 73.2 Å². The molecule has 2 fully saturated rings. The maximum Gasteiger partial charge on any atom is 0.246 e. The second-order valence-electron chi connectivity index (χ2n) is 12.8. The molecule has 2 aromatic rings.